The van der Waals surface area contributed by atoms with Gasteiger partial charge in [0.2, 0.25) is 5.91 Å². The van der Waals surface area contributed by atoms with Crippen LogP contribution in [0.5, 0.6) is 0 Å². The predicted octanol–water partition coefficient (Wildman–Crippen LogP) is 5.42. The lowest BCUT2D eigenvalue weighted by Gasteiger charge is -2.17. The maximum Gasteiger partial charge on any atom is 0.227 e. The minimum absolute atomic E-state index is 0.0404. The average Bonchev–Trinajstić information content (AvgIpc) is 3.37. The third-order valence-corrected chi connectivity index (χ3v) is 8.51. The van der Waals surface area contributed by atoms with E-state index in [1.165, 1.54) is 0 Å². The van der Waals surface area contributed by atoms with Crippen molar-refractivity contribution in [2.75, 3.05) is 0 Å². The summed E-state index contributed by atoms with van der Waals surface area (Å²) in [6.07, 6.45) is 6.45. The summed E-state index contributed by atoms with van der Waals surface area (Å²) in [6.45, 7) is 3.57. The smallest absolute Gasteiger partial charge is 0.227 e. The number of rotatable bonds is 8. The largest absolute Gasteiger partial charge is 0.354 e. The number of sulfone groups is 1. The number of fused-ring (bicyclic) bond motifs is 1. The highest BCUT2D eigenvalue weighted by Gasteiger charge is 2.27. The fourth-order valence-electron chi connectivity index (χ4n) is 4.50. The van der Waals surface area contributed by atoms with Gasteiger partial charge < -0.3 is 4.57 Å². The molecule has 0 fully saturated rings. The minimum Gasteiger partial charge on any atom is -0.354 e. The molecule has 0 saturated carbocycles. The van der Waals surface area contributed by atoms with Gasteiger partial charge in [0.05, 0.1) is 15.7 Å². The summed E-state index contributed by atoms with van der Waals surface area (Å²) in [4.78, 5) is 12.6. The summed E-state index contributed by atoms with van der Waals surface area (Å²) in [5.41, 5.74) is 4.03. The Hall–Kier alpha value is -3.12. The Morgan fingerprint density at radius 2 is 1.79 bits per heavy atom. The van der Waals surface area contributed by atoms with Crippen LogP contribution in [0.15, 0.2) is 78.0 Å². The van der Waals surface area contributed by atoms with Gasteiger partial charge in [-0.2, -0.15) is 0 Å². The van der Waals surface area contributed by atoms with E-state index in [-0.39, 0.29) is 5.91 Å². The molecular weight excluding hydrogens is 432 g/mol. The Labute approximate surface area is 195 Å². The molecule has 1 atom stereocenters. The van der Waals surface area contributed by atoms with Crippen LogP contribution < -0.4 is 0 Å². The van der Waals surface area contributed by atoms with Gasteiger partial charge in [0.25, 0.3) is 0 Å². The topological polar surface area (TPSA) is 61.1 Å². The highest BCUT2D eigenvalue weighted by Crippen LogP contribution is 2.28. The van der Waals surface area contributed by atoms with Crippen LogP contribution in [0.2, 0.25) is 0 Å². The molecule has 0 spiro atoms. The van der Waals surface area contributed by atoms with Crippen LogP contribution in [0.1, 0.15) is 48.3 Å². The molecule has 0 aliphatic heterocycles. The molecule has 172 valence electrons. The van der Waals surface area contributed by atoms with Crippen LogP contribution in [0.25, 0.3) is 10.9 Å². The number of aromatic nitrogens is 2. The van der Waals surface area contributed by atoms with Crippen LogP contribution >= 0.6 is 0 Å². The van der Waals surface area contributed by atoms with E-state index in [9.17, 15) is 13.2 Å². The lowest BCUT2D eigenvalue weighted by atomic mass is 10.0. The lowest BCUT2D eigenvalue weighted by molar-refractivity contribution is 0.0941. The molecular formula is C27H30N2O3S. The first-order valence-corrected chi connectivity index (χ1v) is 12.9. The second-order valence-electron chi connectivity index (χ2n) is 8.65. The van der Waals surface area contributed by atoms with Gasteiger partial charge in [0.15, 0.2) is 9.84 Å². The van der Waals surface area contributed by atoms with Crippen LogP contribution in [-0.2, 0) is 29.7 Å². The molecule has 0 amide bonds. The highest BCUT2D eigenvalue weighted by atomic mass is 32.2. The van der Waals surface area contributed by atoms with E-state index < -0.39 is 15.1 Å². The van der Waals surface area contributed by atoms with E-state index in [4.69, 9.17) is 0 Å². The van der Waals surface area contributed by atoms with Crippen molar-refractivity contribution in [3.63, 3.8) is 0 Å². The van der Waals surface area contributed by atoms with Gasteiger partial charge in [-0.25, -0.2) is 8.42 Å². The number of aryl methyl sites for hydroxylation is 1. The van der Waals surface area contributed by atoms with Crippen molar-refractivity contribution in [1.82, 2.24) is 9.13 Å². The Kier molecular flexibility index (Phi) is 6.56. The first-order valence-electron chi connectivity index (χ1n) is 11.3. The molecule has 2 aromatic heterocycles. The normalized spacial score (nSPS) is 12.8. The first kappa shape index (κ1) is 23.1. The number of nitrogens with zero attached hydrogens (tertiary/aromatic N) is 2. The summed E-state index contributed by atoms with van der Waals surface area (Å²) < 4.78 is 30.5. The molecule has 0 aliphatic rings. The monoisotopic (exact) mass is 462 g/mol. The highest BCUT2D eigenvalue weighted by molar-refractivity contribution is 7.92. The van der Waals surface area contributed by atoms with E-state index >= 15 is 0 Å². The van der Waals surface area contributed by atoms with Crippen LogP contribution in [0.4, 0.5) is 0 Å². The number of hydrogen-bond acceptors (Lipinski definition) is 3. The van der Waals surface area contributed by atoms with Crippen LogP contribution in [-0.4, -0.2) is 28.7 Å². The zero-order valence-corrected chi connectivity index (χ0v) is 20.2. The number of carbonyl (C=O) groups is 1. The van der Waals surface area contributed by atoms with E-state index in [2.05, 4.69) is 16.7 Å². The Morgan fingerprint density at radius 3 is 2.42 bits per heavy atom. The van der Waals surface area contributed by atoms with E-state index in [0.29, 0.717) is 24.2 Å². The third kappa shape index (κ3) is 4.67. The molecule has 6 heteroatoms. The molecule has 1 unspecified atom stereocenters. The SMILES string of the molecule is CCCC(Cc1ccc2c(c1)c(Cc1cccn1C)cn2C(C)=O)S(=O)(=O)c1ccccc1. The van der Waals surface area contributed by atoms with Gasteiger partial charge in [-0.15, -0.1) is 0 Å². The number of carbonyl (C=O) groups excluding carboxylic acids is 1. The Morgan fingerprint density at radius 1 is 1.03 bits per heavy atom. The second kappa shape index (κ2) is 9.40. The van der Waals surface area contributed by atoms with Crippen molar-refractivity contribution in [3.05, 3.63) is 89.9 Å². The molecule has 33 heavy (non-hydrogen) atoms. The molecule has 0 N–H and O–H groups in total. The maximum absolute atomic E-state index is 13.3. The predicted molar refractivity (Wildman–Crippen MR) is 132 cm³/mol. The van der Waals surface area contributed by atoms with Gasteiger partial charge in [-0.3, -0.25) is 9.36 Å². The molecule has 0 bridgehead atoms. The number of benzene rings is 2. The maximum atomic E-state index is 13.3. The Bertz CT molecular complexity index is 1380. The molecule has 0 saturated heterocycles. The van der Waals surface area contributed by atoms with Crippen molar-refractivity contribution >= 4 is 26.6 Å². The van der Waals surface area contributed by atoms with Gasteiger partial charge in [-0.05, 0) is 60.4 Å². The standard InChI is InChI=1S/C27H30N2O3S/c1-4-9-25(33(31,32)24-11-6-5-7-12-24)16-21-13-14-27-26(17-21)22(19-29(27)20(2)30)18-23-10-8-15-28(23)3/h5-8,10-15,17,19,25H,4,9,16,18H2,1-3H3. The van der Waals surface area contributed by atoms with Crippen molar-refractivity contribution in [3.8, 4) is 0 Å². The summed E-state index contributed by atoms with van der Waals surface area (Å²) in [6, 6.07) is 18.8. The zero-order chi connectivity index (χ0) is 23.6. The summed E-state index contributed by atoms with van der Waals surface area (Å²) in [5.74, 6) is -0.0404. The molecule has 4 rings (SSSR count). The average molecular weight is 463 g/mol. The molecule has 0 aliphatic carbocycles. The zero-order valence-electron chi connectivity index (χ0n) is 19.4. The second-order valence-corrected chi connectivity index (χ2v) is 10.9. The van der Waals surface area contributed by atoms with E-state index in [1.54, 1.807) is 35.8 Å². The molecule has 0 radical (unpaired) electrons. The van der Waals surface area contributed by atoms with Gasteiger partial charge in [-0.1, -0.05) is 37.6 Å². The fraction of sp³-hybridized carbons (Fsp3) is 0.296. The molecule has 4 aromatic rings. The lowest BCUT2D eigenvalue weighted by Crippen LogP contribution is -2.24. The van der Waals surface area contributed by atoms with Crippen molar-refractivity contribution in [1.29, 1.82) is 0 Å². The van der Waals surface area contributed by atoms with Crippen molar-refractivity contribution in [2.45, 2.75) is 49.7 Å². The third-order valence-electron chi connectivity index (χ3n) is 6.30. The summed E-state index contributed by atoms with van der Waals surface area (Å²) in [5, 5.41) is 0.504. The van der Waals surface area contributed by atoms with Gasteiger partial charge in [0, 0.05) is 43.9 Å². The quantitative estimate of drug-likeness (QED) is 0.351. The van der Waals surface area contributed by atoms with Crippen LogP contribution in [0.3, 0.4) is 0 Å². The summed E-state index contributed by atoms with van der Waals surface area (Å²) >= 11 is 0. The fourth-order valence-corrected chi connectivity index (χ4v) is 6.38. The van der Waals surface area contributed by atoms with Crippen molar-refractivity contribution < 1.29 is 13.2 Å². The minimum atomic E-state index is -3.44. The van der Waals surface area contributed by atoms with Gasteiger partial charge in [0.1, 0.15) is 0 Å². The van der Waals surface area contributed by atoms with Gasteiger partial charge >= 0.3 is 0 Å². The Balaban J connectivity index is 1.73. The molecule has 5 nitrogen and oxygen atoms in total. The summed E-state index contributed by atoms with van der Waals surface area (Å²) in [7, 11) is -1.43. The van der Waals surface area contributed by atoms with E-state index in [0.717, 1.165) is 34.1 Å². The number of hydrogen-bond donors (Lipinski definition) is 0. The van der Waals surface area contributed by atoms with Crippen LogP contribution in [0, 0.1) is 0 Å². The van der Waals surface area contributed by atoms with E-state index in [1.807, 2.05) is 50.6 Å². The van der Waals surface area contributed by atoms with Crippen molar-refractivity contribution in [2.24, 2.45) is 7.05 Å². The molecule has 2 heterocycles. The molecule has 2 aromatic carbocycles. The first-order chi connectivity index (χ1) is 15.8.